The van der Waals surface area contributed by atoms with Crippen molar-refractivity contribution < 1.29 is 19.1 Å². The van der Waals surface area contributed by atoms with Crippen LogP contribution in [0.3, 0.4) is 0 Å². The maximum atomic E-state index is 11.9. The van der Waals surface area contributed by atoms with Crippen LogP contribution in [0, 0.1) is 0 Å². The van der Waals surface area contributed by atoms with Crippen LogP contribution in [0.15, 0.2) is 6.07 Å². The molecular weight excluding hydrogens is 264 g/mol. The third kappa shape index (κ3) is 2.44. The van der Waals surface area contributed by atoms with Crippen molar-refractivity contribution >= 4 is 23.1 Å². The summed E-state index contributed by atoms with van der Waals surface area (Å²) in [5.41, 5.74) is 0.728. The van der Waals surface area contributed by atoms with Gasteiger partial charge in [0.05, 0.1) is 18.8 Å². The van der Waals surface area contributed by atoms with Gasteiger partial charge in [0.2, 0.25) is 5.65 Å². The molecule has 0 unspecified atom stereocenters. The van der Waals surface area contributed by atoms with Crippen molar-refractivity contribution in [1.29, 1.82) is 0 Å². The van der Waals surface area contributed by atoms with Gasteiger partial charge in [0.1, 0.15) is 5.52 Å². The van der Waals surface area contributed by atoms with Gasteiger partial charge in [0.15, 0.2) is 5.69 Å². The lowest BCUT2D eigenvalue weighted by Crippen LogP contribution is -2.16. The van der Waals surface area contributed by atoms with E-state index < -0.39 is 11.9 Å². The van der Waals surface area contributed by atoms with Crippen molar-refractivity contribution in [3.8, 4) is 0 Å². The molecule has 8 heteroatoms. The van der Waals surface area contributed by atoms with Crippen molar-refractivity contribution in [1.82, 2.24) is 20.0 Å². The van der Waals surface area contributed by atoms with Crippen LogP contribution in [0.25, 0.3) is 11.2 Å². The molecule has 0 aromatic carbocycles. The largest absolute Gasteiger partial charge is 0.462 e. The zero-order valence-electron chi connectivity index (χ0n) is 11.4. The fourth-order valence-electron chi connectivity index (χ4n) is 1.68. The van der Waals surface area contributed by atoms with Crippen LogP contribution in [0.1, 0.15) is 34.7 Å². The van der Waals surface area contributed by atoms with Gasteiger partial charge >= 0.3 is 11.9 Å². The molecule has 0 bridgehead atoms. The van der Waals surface area contributed by atoms with Crippen LogP contribution >= 0.6 is 0 Å². The van der Waals surface area contributed by atoms with Gasteiger partial charge in [-0.05, 0) is 19.9 Å². The predicted molar refractivity (Wildman–Crippen MR) is 68.2 cm³/mol. The number of aryl methyl sites for hydroxylation is 1. The molecule has 0 spiro atoms. The van der Waals surface area contributed by atoms with Crippen LogP contribution in [0.5, 0.6) is 0 Å². The van der Waals surface area contributed by atoms with Gasteiger partial charge in [-0.2, -0.15) is 0 Å². The number of rotatable bonds is 4. The first-order chi connectivity index (χ1) is 9.58. The third-order valence-electron chi connectivity index (χ3n) is 2.57. The third-order valence-corrected chi connectivity index (χ3v) is 2.57. The smallest absolute Gasteiger partial charge is 0.357 e. The van der Waals surface area contributed by atoms with Crippen molar-refractivity contribution in [2.24, 2.45) is 7.05 Å². The number of fused-ring (bicyclic) bond motifs is 1. The summed E-state index contributed by atoms with van der Waals surface area (Å²) in [4.78, 5) is 27.9. The minimum atomic E-state index is -0.692. The molecule has 2 heterocycles. The van der Waals surface area contributed by atoms with E-state index in [9.17, 15) is 9.59 Å². The Morgan fingerprint density at radius 3 is 2.50 bits per heavy atom. The standard InChI is InChI=1S/C12H14N4O4/c1-4-19-11(17)7-6-8-10(14-15-16(8)3)13-9(7)12(18)20-5-2/h6H,4-5H2,1-3H3. The van der Waals surface area contributed by atoms with Crippen LogP contribution in [-0.4, -0.2) is 45.1 Å². The Bertz CT molecular complexity index is 665. The van der Waals surface area contributed by atoms with E-state index in [2.05, 4.69) is 15.3 Å². The molecule has 106 valence electrons. The number of hydrogen-bond acceptors (Lipinski definition) is 7. The Kier molecular flexibility index (Phi) is 3.92. The average Bonchev–Trinajstić information content (AvgIpc) is 2.79. The highest BCUT2D eigenvalue weighted by Crippen LogP contribution is 2.16. The molecule has 0 aliphatic carbocycles. The van der Waals surface area contributed by atoms with Crippen molar-refractivity contribution in [2.75, 3.05) is 13.2 Å². The molecule has 2 aromatic rings. The van der Waals surface area contributed by atoms with Gasteiger partial charge < -0.3 is 9.47 Å². The average molecular weight is 278 g/mol. The lowest BCUT2D eigenvalue weighted by Gasteiger charge is -2.07. The summed E-state index contributed by atoms with van der Waals surface area (Å²) in [5.74, 6) is -1.32. The summed E-state index contributed by atoms with van der Waals surface area (Å²) < 4.78 is 11.3. The molecule has 0 radical (unpaired) electrons. The van der Waals surface area contributed by atoms with Gasteiger partial charge in [-0.1, -0.05) is 5.21 Å². The summed E-state index contributed by atoms with van der Waals surface area (Å²) in [6, 6.07) is 1.48. The molecule has 0 saturated heterocycles. The second-order valence-corrected chi connectivity index (χ2v) is 3.88. The molecule has 0 fully saturated rings. The first-order valence-electron chi connectivity index (χ1n) is 6.13. The highest BCUT2D eigenvalue weighted by Gasteiger charge is 2.23. The van der Waals surface area contributed by atoms with Gasteiger partial charge in [0.25, 0.3) is 0 Å². The summed E-state index contributed by atoms with van der Waals surface area (Å²) in [7, 11) is 1.66. The molecular formula is C12H14N4O4. The van der Waals surface area contributed by atoms with Crippen molar-refractivity contribution in [3.05, 3.63) is 17.3 Å². The summed E-state index contributed by atoms with van der Waals surface area (Å²) in [6.45, 7) is 3.73. The minimum absolute atomic E-state index is 0.0446. The molecule has 2 aromatic heterocycles. The Morgan fingerprint density at radius 1 is 1.20 bits per heavy atom. The molecule has 0 saturated carbocycles. The monoisotopic (exact) mass is 278 g/mol. The maximum Gasteiger partial charge on any atom is 0.357 e. The van der Waals surface area contributed by atoms with E-state index in [1.54, 1.807) is 20.9 Å². The van der Waals surface area contributed by atoms with Gasteiger partial charge in [0, 0.05) is 7.05 Å². The van der Waals surface area contributed by atoms with E-state index in [4.69, 9.17) is 9.47 Å². The minimum Gasteiger partial charge on any atom is -0.462 e. The van der Waals surface area contributed by atoms with Crippen molar-refractivity contribution in [3.63, 3.8) is 0 Å². The SMILES string of the molecule is CCOC(=O)c1cc2c(nnn2C)nc1C(=O)OCC. The highest BCUT2D eigenvalue weighted by atomic mass is 16.5. The number of pyridine rings is 1. The Hall–Kier alpha value is -2.51. The van der Waals surface area contributed by atoms with Crippen LogP contribution in [0.2, 0.25) is 0 Å². The molecule has 0 aliphatic rings. The first kappa shape index (κ1) is 13.9. The van der Waals surface area contributed by atoms with E-state index in [0.29, 0.717) is 5.52 Å². The summed E-state index contributed by atoms with van der Waals surface area (Å²) in [6.07, 6.45) is 0. The number of carbonyl (C=O) groups is 2. The number of carbonyl (C=O) groups excluding carboxylic acids is 2. The Labute approximate surface area is 114 Å². The summed E-state index contributed by atoms with van der Waals surface area (Å²) >= 11 is 0. The van der Waals surface area contributed by atoms with Gasteiger partial charge in [-0.15, -0.1) is 5.10 Å². The predicted octanol–water partition coefficient (Wildman–Crippen LogP) is 0.717. The number of nitrogens with zero attached hydrogens (tertiary/aromatic N) is 4. The second kappa shape index (κ2) is 5.64. The zero-order valence-corrected chi connectivity index (χ0v) is 11.4. The molecule has 0 atom stereocenters. The molecule has 0 N–H and O–H groups in total. The number of esters is 2. The lowest BCUT2D eigenvalue weighted by atomic mass is 10.2. The van der Waals surface area contributed by atoms with E-state index in [1.165, 1.54) is 10.7 Å². The van der Waals surface area contributed by atoms with Gasteiger partial charge in [-0.25, -0.2) is 19.3 Å². The normalized spacial score (nSPS) is 10.6. The molecule has 20 heavy (non-hydrogen) atoms. The van der Waals surface area contributed by atoms with E-state index in [0.717, 1.165) is 0 Å². The number of hydrogen-bond donors (Lipinski definition) is 0. The fourth-order valence-corrected chi connectivity index (χ4v) is 1.68. The zero-order chi connectivity index (χ0) is 14.7. The van der Waals surface area contributed by atoms with E-state index in [1.807, 2.05) is 0 Å². The van der Waals surface area contributed by atoms with Crippen LogP contribution in [0.4, 0.5) is 0 Å². The Morgan fingerprint density at radius 2 is 1.85 bits per heavy atom. The molecule has 8 nitrogen and oxygen atoms in total. The van der Waals surface area contributed by atoms with E-state index in [-0.39, 0.29) is 30.1 Å². The Balaban J connectivity index is 2.59. The van der Waals surface area contributed by atoms with Crippen molar-refractivity contribution in [2.45, 2.75) is 13.8 Å². The highest BCUT2D eigenvalue weighted by molar-refractivity contribution is 6.04. The number of ether oxygens (including phenoxy) is 2. The molecule has 0 aliphatic heterocycles. The van der Waals surface area contributed by atoms with Crippen LogP contribution in [-0.2, 0) is 16.5 Å². The van der Waals surface area contributed by atoms with Gasteiger partial charge in [-0.3, -0.25) is 0 Å². The quantitative estimate of drug-likeness (QED) is 0.760. The molecule has 0 amide bonds. The number of aromatic nitrogens is 4. The fraction of sp³-hybridized carbons (Fsp3) is 0.417. The maximum absolute atomic E-state index is 11.9. The molecule has 2 rings (SSSR count). The lowest BCUT2D eigenvalue weighted by molar-refractivity contribution is 0.0474. The second-order valence-electron chi connectivity index (χ2n) is 3.88. The first-order valence-corrected chi connectivity index (χ1v) is 6.13. The van der Waals surface area contributed by atoms with E-state index >= 15 is 0 Å². The summed E-state index contributed by atoms with van der Waals surface area (Å²) in [5, 5.41) is 7.60. The van der Waals surface area contributed by atoms with Crippen LogP contribution < -0.4 is 0 Å². The topological polar surface area (TPSA) is 96.2 Å².